The van der Waals surface area contributed by atoms with E-state index >= 15 is 0 Å². The molecule has 0 aromatic heterocycles. The minimum atomic E-state index is -4.15. The molecule has 0 amide bonds. The van der Waals surface area contributed by atoms with E-state index in [0.717, 1.165) is 5.57 Å². The molecule has 5 heteroatoms. The monoisotopic (exact) mass is 210 g/mol. The van der Waals surface area contributed by atoms with Crippen molar-refractivity contribution in [2.24, 2.45) is 0 Å². The molecule has 14 heavy (non-hydrogen) atoms. The SMILES string of the molecule is COC=C1CCOC(CC(F)(F)F)C1. The largest absolute Gasteiger partial charge is 0.504 e. The molecule has 0 aromatic carbocycles. The fourth-order valence-electron chi connectivity index (χ4n) is 1.47. The Morgan fingerprint density at radius 3 is 2.86 bits per heavy atom. The average Bonchev–Trinajstić information content (AvgIpc) is 2.02. The summed E-state index contributed by atoms with van der Waals surface area (Å²) in [5.41, 5.74) is 0.882. The van der Waals surface area contributed by atoms with E-state index in [1.165, 1.54) is 13.4 Å². The van der Waals surface area contributed by atoms with E-state index in [1.807, 2.05) is 0 Å². The fourth-order valence-corrected chi connectivity index (χ4v) is 1.47. The zero-order valence-corrected chi connectivity index (χ0v) is 7.93. The normalized spacial score (nSPS) is 26.6. The van der Waals surface area contributed by atoms with Crippen molar-refractivity contribution in [2.45, 2.75) is 31.5 Å². The summed E-state index contributed by atoms with van der Waals surface area (Å²) in [5.74, 6) is 0. The van der Waals surface area contributed by atoms with Gasteiger partial charge in [0.05, 0.1) is 32.5 Å². The minimum absolute atomic E-state index is 0.313. The van der Waals surface area contributed by atoms with Crippen LogP contribution in [0.25, 0.3) is 0 Å². The Labute approximate surface area is 80.7 Å². The first-order valence-electron chi connectivity index (χ1n) is 4.40. The van der Waals surface area contributed by atoms with Gasteiger partial charge in [-0.1, -0.05) is 0 Å². The number of hydrogen-bond donors (Lipinski definition) is 0. The lowest BCUT2D eigenvalue weighted by Gasteiger charge is -2.25. The molecule has 82 valence electrons. The Hall–Kier alpha value is -0.710. The molecule has 1 unspecified atom stereocenters. The van der Waals surface area contributed by atoms with Crippen LogP contribution < -0.4 is 0 Å². The van der Waals surface area contributed by atoms with E-state index in [4.69, 9.17) is 9.47 Å². The van der Waals surface area contributed by atoms with Crippen LogP contribution in [0.2, 0.25) is 0 Å². The molecular formula is C9H13F3O2. The van der Waals surface area contributed by atoms with Crippen LogP contribution in [0.15, 0.2) is 11.8 Å². The van der Waals surface area contributed by atoms with Gasteiger partial charge in [0.1, 0.15) is 0 Å². The predicted molar refractivity (Wildman–Crippen MR) is 44.7 cm³/mol. The summed E-state index contributed by atoms with van der Waals surface area (Å²) in [6, 6.07) is 0. The first-order valence-corrected chi connectivity index (χ1v) is 4.40. The van der Waals surface area contributed by atoms with E-state index in [1.54, 1.807) is 0 Å². The average molecular weight is 210 g/mol. The maximum atomic E-state index is 12.0. The summed E-state index contributed by atoms with van der Waals surface area (Å²) in [4.78, 5) is 0. The summed E-state index contributed by atoms with van der Waals surface area (Å²) < 4.78 is 45.8. The zero-order chi connectivity index (χ0) is 10.6. The molecule has 0 saturated carbocycles. The van der Waals surface area contributed by atoms with E-state index in [2.05, 4.69) is 0 Å². The highest BCUT2D eigenvalue weighted by Gasteiger charge is 2.34. The number of hydrogen-bond acceptors (Lipinski definition) is 2. The van der Waals surface area contributed by atoms with Gasteiger partial charge >= 0.3 is 6.18 Å². The highest BCUT2D eigenvalue weighted by Crippen LogP contribution is 2.29. The molecule has 1 heterocycles. The number of methoxy groups -OCH3 is 1. The van der Waals surface area contributed by atoms with Gasteiger partial charge in [-0.25, -0.2) is 0 Å². The first-order chi connectivity index (χ1) is 6.51. The lowest BCUT2D eigenvalue weighted by atomic mass is 10.0. The topological polar surface area (TPSA) is 18.5 Å². The third-order valence-electron chi connectivity index (χ3n) is 2.01. The summed E-state index contributed by atoms with van der Waals surface area (Å²) in [5, 5.41) is 0. The lowest BCUT2D eigenvalue weighted by Crippen LogP contribution is -2.27. The molecule has 1 rings (SSSR count). The molecule has 0 aliphatic carbocycles. The number of alkyl halides is 3. The summed E-state index contributed by atoms with van der Waals surface area (Å²) in [6.45, 7) is 0.343. The molecule has 1 fully saturated rings. The molecular weight excluding hydrogens is 197 g/mol. The fraction of sp³-hybridized carbons (Fsp3) is 0.778. The van der Waals surface area contributed by atoms with Gasteiger partial charge in [-0.15, -0.1) is 0 Å². The summed E-state index contributed by atoms with van der Waals surface area (Å²) in [6.07, 6.45) is -3.31. The second-order valence-corrected chi connectivity index (χ2v) is 3.28. The van der Waals surface area contributed by atoms with Crippen molar-refractivity contribution in [1.29, 1.82) is 0 Å². The van der Waals surface area contributed by atoms with Crippen LogP contribution in [0.1, 0.15) is 19.3 Å². The Morgan fingerprint density at radius 1 is 1.57 bits per heavy atom. The highest BCUT2D eigenvalue weighted by molar-refractivity contribution is 5.02. The van der Waals surface area contributed by atoms with Gasteiger partial charge in [-0.2, -0.15) is 13.2 Å². The highest BCUT2D eigenvalue weighted by atomic mass is 19.4. The van der Waals surface area contributed by atoms with Crippen LogP contribution in [-0.4, -0.2) is 26.0 Å². The van der Waals surface area contributed by atoms with Gasteiger partial charge in [0.2, 0.25) is 0 Å². The molecule has 0 bridgehead atoms. The van der Waals surface area contributed by atoms with Crippen molar-refractivity contribution in [1.82, 2.24) is 0 Å². The van der Waals surface area contributed by atoms with Gasteiger partial charge in [0.15, 0.2) is 0 Å². The Balaban J connectivity index is 2.44. The van der Waals surface area contributed by atoms with Gasteiger partial charge in [-0.05, 0) is 18.4 Å². The second-order valence-electron chi connectivity index (χ2n) is 3.28. The van der Waals surface area contributed by atoms with Gasteiger partial charge in [0.25, 0.3) is 0 Å². The molecule has 0 aromatic rings. The minimum Gasteiger partial charge on any atom is -0.504 e. The zero-order valence-electron chi connectivity index (χ0n) is 7.93. The van der Waals surface area contributed by atoms with Crippen LogP contribution in [0.5, 0.6) is 0 Å². The smallest absolute Gasteiger partial charge is 0.391 e. The molecule has 0 N–H and O–H groups in total. The van der Waals surface area contributed by atoms with Crippen LogP contribution in [0.4, 0.5) is 13.2 Å². The lowest BCUT2D eigenvalue weighted by molar-refractivity contribution is -0.162. The third-order valence-corrected chi connectivity index (χ3v) is 2.01. The number of ether oxygens (including phenoxy) is 2. The van der Waals surface area contributed by atoms with Crippen LogP contribution in [0, 0.1) is 0 Å². The maximum Gasteiger partial charge on any atom is 0.391 e. The van der Waals surface area contributed by atoms with E-state index in [-0.39, 0.29) is 0 Å². The second kappa shape index (κ2) is 4.68. The van der Waals surface area contributed by atoms with Crippen molar-refractivity contribution < 1.29 is 22.6 Å². The Bertz CT molecular complexity index is 211. The Morgan fingerprint density at radius 2 is 2.29 bits per heavy atom. The predicted octanol–water partition coefficient (Wildman–Crippen LogP) is 2.65. The Kier molecular flexibility index (Phi) is 3.80. The summed E-state index contributed by atoms with van der Waals surface area (Å²) >= 11 is 0. The maximum absolute atomic E-state index is 12.0. The van der Waals surface area contributed by atoms with Crippen LogP contribution >= 0.6 is 0 Å². The first kappa shape index (κ1) is 11.4. The number of halogens is 3. The van der Waals surface area contributed by atoms with Crippen LogP contribution in [-0.2, 0) is 9.47 Å². The molecule has 0 radical (unpaired) electrons. The molecule has 1 atom stereocenters. The molecule has 2 nitrogen and oxygen atoms in total. The van der Waals surface area contributed by atoms with Crippen molar-refractivity contribution in [3.63, 3.8) is 0 Å². The standard InChI is InChI=1S/C9H13F3O2/c1-13-6-7-2-3-14-8(4-7)5-9(10,11)12/h6,8H,2-5H2,1H3. The van der Waals surface area contributed by atoms with Crippen molar-refractivity contribution in [3.8, 4) is 0 Å². The molecule has 0 spiro atoms. The summed E-state index contributed by atoms with van der Waals surface area (Å²) in [7, 11) is 1.49. The molecule has 1 saturated heterocycles. The molecule has 1 aliphatic heterocycles. The third kappa shape index (κ3) is 4.00. The van der Waals surface area contributed by atoms with Crippen molar-refractivity contribution in [2.75, 3.05) is 13.7 Å². The van der Waals surface area contributed by atoms with E-state index in [9.17, 15) is 13.2 Å². The van der Waals surface area contributed by atoms with E-state index < -0.39 is 18.7 Å². The van der Waals surface area contributed by atoms with Crippen molar-refractivity contribution >= 4 is 0 Å². The van der Waals surface area contributed by atoms with Crippen LogP contribution in [0.3, 0.4) is 0 Å². The number of rotatable bonds is 2. The van der Waals surface area contributed by atoms with Gasteiger partial charge in [0, 0.05) is 0 Å². The van der Waals surface area contributed by atoms with Gasteiger partial charge in [-0.3, -0.25) is 0 Å². The van der Waals surface area contributed by atoms with Crippen molar-refractivity contribution in [3.05, 3.63) is 11.8 Å². The van der Waals surface area contributed by atoms with Gasteiger partial charge < -0.3 is 9.47 Å². The van der Waals surface area contributed by atoms with E-state index in [0.29, 0.717) is 19.4 Å². The quantitative estimate of drug-likeness (QED) is 0.652. The molecule has 1 aliphatic rings.